The van der Waals surface area contributed by atoms with E-state index < -0.39 is 9.84 Å². The maximum Gasteiger partial charge on any atom is 0.209 e. The molecule has 3 aromatic carbocycles. The van der Waals surface area contributed by atoms with Crippen LogP contribution in [0.1, 0.15) is 0 Å². The lowest BCUT2D eigenvalue weighted by atomic mass is 10.0. The number of thioether (sulfide) groups is 1. The zero-order valence-corrected chi connectivity index (χ0v) is 17.7. The van der Waals surface area contributed by atoms with Gasteiger partial charge in [-0.3, -0.25) is 0 Å². The number of nitrogens with zero attached hydrogens (tertiary/aromatic N) is 3. The Morgan fingerprint density at radius 1 is 0.667 bits per heavy atom. The van der Waals surface area contributed by atoms with Crippen LogP contribution in [-0.4, -0.2) is 35.1 Å². The second-order valence-electron chi connectivity index (χ2n) is 6.50. The first kappa shape index (κ1) is 20.3. The molecule has 0 amide bonds. The van der Waals surface area contributed by atoms with Gasteiger partial charge in [0.05, 0.1) is 10.6 Å². The second kappa shape index (κ2) is 9.19. The minimum absolute atomic E-state index is 0.00610. The van der Waals surface area contributed by atoms with Crippen LogP contribution >= 0.6 is 11.8 Å². The summed E-state index contributed by atoms with van der Waals surface area (Å²) < 4.78 is 25.0. The summed E-state index contributed by atoms with van der Waals surface area (Å²) in [5.41, 5.74) is 3.29. The smallest absolute Gasteiger partial charge is 0.209 e. The lowest BCUT2D eigenvalue weighted by Gasteiger charge is -2.09. The maximum atomic E-state index is 12.5. The first-order chi connectivity index (χ1) is 14.6. The van der Waals surface area contributed by atoms with Crippen LogP contribution < -0.4 is 0 Å². The van der Waals surface area contributed by atoms with Crippen LogP contribution in [0.3, 0.4) is 0 Å². The van der Waals surface area contributed by atoms with Crippen LogP contribution in [-0.2, 0) is 9.84 Å². The van der Waals surface area contributed by atoms with Crippen molar-refractivity contribution >= 4 is 21.6 Å². The summed E-state index contributed by atoms with van der Waals surface area (Å²) in [6.45, 7) is 0. The third-order valence-corrected chi connectivity index (χ3v) is 7.28. The summed E-state index contributed by atoms with van der Waals surface area (Å²) in [7, 11) is -3.34. The first-order valence-electron chi connectivity index (χ1n) is 9.40. The monoisotopic (exact) mass is 433 g/mol. The molecule has 0 radical (unpaired) electrons. The van der Waals surface area contributed by atoms with Gasteiger partial charge in [-0.05, 0) is 12.1 Å². The predicted molar refractivity (Wildman–Crippen MR) is 120 cm³/mol. The van der Waals surface area contributed by atoms with Gasteiger partial charge < -0.3 is 0 Å². The molecule has 0 unspecified atom stereocenters. The number of hydrogen-bond acceptors (Lipinski definition) is 6. The number of aromatic nitrogens is 3. The standard InChI is InChI=1S/C23H19N3O2S2/c27-30(28,20-14-8-3-9-15-20)17-16-29-23-24-21(18-10-4-1-5-11-18)22(25-26-23)19-12-6-2-7-13-19/h1-15H,16-17H2. The summed E-state index contributed by atoms with van der Waals surface area (Å²) >= 11 is 1.29. The molecular formula is C23H19N3O2S2. The maximum absolute atomic E-state index is 12.5. The number of rotatable bonds is 7. The van der Waals surface area contributed by atoms with Gasteiger partial charge in [0.2, 0.25) is 5.16 Å². The highest BCUT2D eigenvalue weighted by Crippen LogP contribution is 2.29. The van der Waals surface area contributed by atoms with Gasteiger partial charge in [-0.15, -0.1) is 10.2 Å². The molecular weight excluding hydrogens is 414 g/mol. The molecule has 0 saturated heterocycles. The predicted octanol–water partition coefficient (Wildman–Crippen LogP) is 4.77. The van der Waals surface area contributed by atoms with E-state index >= 15 is 0 Å². The van der Waals surface area contributed by atoms with Crippen molar-refractivity contribution < 1.29 is 8.42 Å². The Morgan fingerprint density at radius 3 is 1.80 bits per heavy atom. The molecule has 0 bridgehead atoms. The van der Waals surface area contributed by atoms with Crippen molar-refractivity contribution in [1.29, 1.82) is 0 Å². The summed E-state index contributed by atoms with van der Waals surface area (Å²) in [5.74, 6) is 0.351. The SMILES string of the molecule is O=S(=O)(CCSc1nnc(-c2ccccc2)c(-c2ccccc2)n1)c1ccccc1. The highest BCUT2D eigenvalue weighted by Gasteiger charge is 2.16. The minimum atomic E-state index is -3.34. The number of benzene rings is 3. The Balaban J connectivity index is 1.58. The Kier molecular flexibility index (Phi) is 6.21. The molecule has 7 heteroatoms. The molecule has 0 saturated carbocycles. The second-order valence-corrected chi connectivity index (χ2v) is 9.68. The van der Waals surface area contributed by atoms with Crippen LogP contribution in [0.15, 0.2) is 101 Å². The Labute approximate surface area is 180 Å². The van der Waals surface area contributed by atoms with Gasteiger partial charge in [0.1, 0.15) is 11.4 Å². The van der Waals surface area contributed by atoms with Crippen molar-refractivity contribution in [3.63, 3.8) is 0 Å². The third kappa shape index (κ3) is 4.75. The fourth-order valence-electron chi connectivity index (χ4n) is 2.95. The van der Waals surface area contributed by atoms with Gasteiger partial charge in [0.25, 0.3) is 0 Å². The minimum Gasteiger partial charge on any atom is -0.224 e. The molecule has 4 aromatic rings. The van der Waals surface area contributed by atoms with Crippen molar-refractivity contribution in [2.45, 2.75) is 10.1 Å². The zero-order chi connectivity index (χ0) is 20.8. The van der Waals surface area contributed by atoms with Crippen molar-refractivity contribution in [2.24, 2.45) is 0 Å². The Bertz CT molecular complexity index is 1220. The van der Waals surface area contributed by atoms with E-state index in [0.717, 1.165) is 16.8 Å². The summed E-state index contributed by atoms with van der Waals surface area (Å²) in [6, 6.07) is 28.1. The van der Waals surface area contributed by atoms with Crippen LogP contribution in [0.2, 0.25) is 0 Å². The van der Waals surface area contributed by atoms with Gasteiger partial charge in [-0.2, -0.15) is 0 Å². The molecule has 0 aliphatic carbocycles. The van der Waals surface area contributed by atoms with Crippen LogP contribution in [0.4, 0.5) is 0 Å². The average molecular weight is 434 g/mol. The van der Waals surface area contributed by atoms with Crippen LogP contribution in [0, 0.1) is 0 Å². The highest BCUT2D eigenvalue weighted by atomic mass is 32.2. The van der Waals surface area contributed by atoms with Gasteiger partial charge in [-0.25, -0.2) is 13.4 Å². The van der Waals surface area contributed by atoms with E-state index in [1.807, 2.05) is 60.7 Å². The molecule has 1 heterocycles. The lowest BCUT2D eigenvalue weighted by Crippen LogP contribution is -2.09. The van der Waals surface area contributed by atoms with E-state index in [1.54, 1.807) is 30.3 Å². The van der Waals surface area contributed by atoms with E-state index in [1.165, 1.54) is 11.8 Å². The van der Waals surface area contributed by atoms with E-state index in [2.05, 4.69) is 10.2 Å². The molecule has 0 spiro atoms. The lowest BCUT2D eigenvalue weighted by molar-refractivity contribution is 0.597. The van der Waals surface area contributed by atoms with Crippen molar-refractivity contribution in [3.8, 4) is 22.5 Å². The van der Waals surface area contributed by atoms with Gasteiger partial charge in [-0.1, -0.05) is 90.6 Å². The van der Waals surface area contributed by atoms with E-state index in [4.69, 9.17) is 4.98 Å². The molecule has 0 atom stereocenters. The molecule has 0 aliphatic rings. The molecule has 0 aliphatic heterocycles. The summed E-state index contributed by atoms with van der Waals surface area (Å²) in [4.78, 5) is 5.03. The van der Waals surface area contributed by atoms with Gasteiger partial charge in [0.15, 0.2) is 9.84 Å². The van der Waals surface area contributed by atoms with Crippen molar-refractivity contribution in [3.05, 3.63) is 91.0 Å². The topological polar surface area (TPSA) is 72.8 Å². The average Bonchev–Trinajstić information content (AvgIpc) is 2.81. The largest absolute Gasteiger partial charge is 0.224 e. The number of hydrogen-bond donors (Lipinski definition) is 0. The highest BCUT2D eigenvalue weighted by molar-refractivity contribution is 8.00. The van der Waals surface area contributed by atoms with Crippen LogP contribution in [0.25, 0.3) is 22.5 Å². The molecule has 150 valence electrons. The quantitative estimate of drug-likeness (QED) is 0.391. The molecule has 30 heavy (non-hydrogen) atoms. The summed E-state index contributed by atoms with van der Waals surface area (Å²) in [5, 5.41) is 9.11. The zero-order valence-electron chi connectivity index (χ0n) is 16.0. The summed E-state index contributed by atoms with van der Waals surface area (Å²) in [6.07, 6.45) is 0. The van der Waals surface area contributed by atoms with Crippen molar-refractivity contribution in [2.75, 3.05) is 11.5 Å². The number of sulfone groups is 1. The molecule has 0 N–H and O–H groups in total. The van der Waals surface area contributed by atoms with Gasteiger partial charge >= 0.3 is 0 Å². The molecule has 5 nitrogen and oxygen atoms in total. The van der Waals surface area contributed by atoms with E-state index in [-0.39, 0.29) is 5.75 Å². The van der Waals surface area contributed by atoms with Crippen molar-refractivity contribution in [1.82, 2.24) is 15.2 Å². The fourth-order valence-corrected chi connectivity index (χ4v) is 5.40. The Morgan fingerprint density at radius 2 is 1.20 bits per heavy atom. The van der Waals surface area contributed by atoms with E-state index in [9.17, 15) is 8.42 Å². The third-order valence-electron chi connectivity index (χ3n) is 4.45. The Hall–Kier alpha value is -3.03. The molecule has 4 rings (SSSR count). The fraction of sp³-hybridized carbons (Fsp3) is 0.0870. The molecule has 1 aromatic heterocycles. The molecule has 0 fully saturated rings. The van der Waals surface area contributed by atoms with E-state index in [0.29, 0.717) is 21.5 Å². The van der Waals surface area contributed by atoms with Crippen LogP contribution in [0.5, 0.6) is 0 Å². The van der Waals surface area contributed by atoms with Gasteiger partial charge in [0, 0.05) is 16.9 Å². The normalized spacial score (nSPS) is 11.3. The first-order valence-corrected chi connectivity index (χ1v) is 12.0.